The number of primary amides is 2. The lowest BCUT2D eigenvalue weighted by molar-refractivity contribution is -0.309. The van der Waals surface area contributed by atoms with Gasteiger partial charge in [-0.05, 0) is 0 Å². The fourth-order valence-electron chi connectivity index (χ4n) is 4.40. The van der Waals surface area contributed by atoms with Crippen molar-refractivity contribution in [3.05, 3.63) is 0 Å². The Bertz CT molecular complexity index is 1170. The normalized spacial score (nSPS) is 29.3. The first-order valence-electron chi connectivity index (χ1n) is 13.1. The molecule has 4 unspecified atom stereocenters. The first-order valence-corrected chi connectivity index (χ1v) is 14.2. The Labute approximate surface area is 275 Å². The number of nitrogens with two attached hydrogens (primary N) is 2. The van der Waals surface area contributed by atoms with Gasteiger partial charge >= 0.3 is 36.1 Å². The lowest BCUT2D eigenvalue weighted by atomic mass is 9.95. The van der Waals surface area contributed by atoms with E-state index in [0.29, 0.717) is 0 Å². The van der Waals surface area contributed by atoms with Gasteiger partial charge in [-0.2, -0.15) is 0 Å². The van der Waals surface area contributed by atoms with Gasteiger partial charge in [0.1, 0.15) is 31.5 Å². The molecule has 2 heterocycles. The van der Waals surface area contributed by atoms with E-state index < -0.39 is 121 Å². The van der Waals surface area contributed by atoms with Gasteiger partial charge in [-0.15, -0.1) is 0 Å². The fraction of sp³-hybridized carbons (Fsp3) is 0.708. The van der Waals surface area contributed by atoms with Crippen molar-refractivity contribution in [2.75, 3.05) is 19.8 Å². The van der Waals surface area contributed by atoms with Crippen LogP contribution >= 0.6 is 34.8 Å². The topological polar surface area (TPSA) is 267 Å². The van der Waals surface area contributed by atoms with Crippen LogP contribution in [0.2, 0.25) is 0 Å². The molecule has 260 valence electrons. The second-order valence-corrected chi connectivity index (χ2v) is 12.2. The number of ether oxygens (including phenoxy) is 9. The maximum absolute atomic E-state index is 12.8. The fourth-order valence-corrected chi connectivity index (χ4v) is 4.56. The number of hydrogen-bond donors (Lipinski definition) is 3. The number of esters is 4. The molecule has 0 aromatic rings. The van der Waals surface area contributed by atoms with Crippen molar-refractivity contribution in [2.24, 2.45) is 11.5 Å². The predicted molar refractivity (Wildman–Crippen MR) is 149 cm³/mol. The van der Waals surface area contributed by atoms with Crippen LogP contribution in [0, 0.1) is 0 Å². The molecule has 0 spiro atoms. The SMILES string of the molecule is CC(=O)OCC1O[C@@H](OC2COC(C(N)=O)[C@@H](OC(C)=O)[C@@H]2OC(N)=O)[C@@H](NC(=O)OCC(Cl)(Cl)Cl)C(OC(C)=O)[C@@H]1OC(C)=O. The molecule has 3 amide bonds. The van der Waals surface area contributed by atoms with E-state index in [9.17, 15) is 33.6 Å². The van der Waals surface area contributed by atoms with E-state index in [1.807, 2.05) is 0 Å². The molecule has 2 aliphatic rings. The van der Waals surface area contributed by atoms with Crippen molar-refractivity contribution < 1.29 is 76.2 Å². The molecule has 9 atom stereocenters. The summed E-state index contributed by atoms with van der Waals surface area (Å²) in [6, 6.07) is -1.65. The average Bonchev–Trinajstić information content (AvgIpc) is 2.89. The number of hydrogen-bond acceptors (Lipinski definition) is 16. The van der Waals surface area contributed by atoms with E-state index in [1.165, 1.54) is 0 Å². The molecule has 0 aliphatic carbocycles. The predicted octanol–water partition coefficient (Wildman–Crippen LogP) is -0.732. The molecule has 2 aliphatic heterocycles. The third kappa shape index (κ3) is 12.1. The minimum absolute atomic E-state index is 0.589. The summed E-state index contributed by atoms with van der Waals surface area (Å²) < 4.78 is 46.2. The molecule has 0 bridgehead atoms. The lowest BCUT2D eigenvalue weighted by Gasteiger charge is -2.47. The van der Waals surface area contributed by atoms with E-state index in [1.54, 1.807) is 0 Å². The smallest absolute Gasteiger partial charge is 0.407 e. The molecule has 19 nitrogen and oxygen atoms in total. The van der Waals surface area contributed by atoms with Gasteiger partial charge in [-0.1, -0.05) is 34.8 Å². The summed E-state index contributed by atoms with van der Waals surface area (Å²) in [7, 11) is 0. The van der Waals surface area contributed by atoms with E-state index >= 15 is 0 Å². The number of carbonyl (C=O) groups is 7. The number of alkyl carbamates (subject to hydrolysis) is 1. The zero-order chi connectivity index (χ0) is 34.9. The van der Waals surface area contributed by atoms with E-state index in [-0.39, 0.29) is 0 Å². The Morgan fingerprint density at radius 3 is 1.85 bits per heavy atom. The van der Waals surface area contributed by atoms with Gasteiger partial charge in [-0.3, -0.25) is 24.0 Å². The second-order valence-electron chi connectivity index (χ2n) is 9.66. The average molecular weight is 725 g/mol. The highest BCUT2D eigenvalue weighted by molar-refractivity contribution is 6.67. The summed E-state index contributed by atoms with van der Waals surface area (Å²) in [5, 5.41) is 2.31. The summed E-state index contributed by atoms with van der Waals surface area (Å²) >= 11 is 17.0. The van der Waals surface area contributed by atoms with Crippen LogP contribution in [-0.4, -0.2) is 121 Å². The molecule has 2 fully saturated rings. The number of amides is 3. The molecular formula is C24H32Cl3N3O16. The Kier molecular flexibility index (Phi) is 14.3. The standard InChI is InChI=1S/C24H32Cl3N3O16/c1-8(31)38-5-12-15(41-9(2)32)17(42-10(3)33)14(30-23(37)40-7-24(25,26)27)21(44-12)45-13-6-39-19(20(28)35)18(43-11(4)34)16(13)46-22(29)36/h12-19,21H,5-7H2,1-4H3,(H2,28,35)(H2,29,36)(H,30,37)/t12?,13?,14-,15+,16+,17?,18-,19?,21-/m0/s1. The van der Waals surface area contributed by atoms with Crippen molar-refractivity contribution in [3.63, 3.8) is 0 Å². The van der Waals surface area contributed by atoms with Crippen LogP contribution in [0.25, 0.3) is 0 Å². The van der Waals surface area contributed by atoms with Gasteiger partial charge in [0.15, 0.2) is 36.8 Å². The molecule has 2 saturated heterocycles. The Morgan fingerprint density at radius 2 is 1.35 bits per heavy atom. The maximum atomic E-state index is 12.8. The van der Waals surface area contributed by atoms with Crippen molar-refractivity contribution in [3.8, 4) is 0 Å². The van der Waals surface area contributed by atoms with E-state index in [2.05, 4.69) is 5.32 Å². The summed E-state index contributed by atoms with van der Waals surface area (Å²) in [5.74, 6) is -4.66. The van der Waals surface area contributed by atoms with Crippen molar-refractivity contribution in [2.45, 2.75) is 86.5 Å². The van der Waals surface area contributed by atoms with Gasteiger partial charge in [-0.25, -0.2) is 9.59 Å². The minimum atomic E-state index is -2.04. The molecule has 22 heteroatoms. The van der Waals surface area contributed by atoms with Crippen molar-refractivity contribution in [1.29, 1.82) is 0 Å². The van der Waals surface area contributed by atoms with Crippen LogP contribution in [-0.2, 0) is 66.6 Å². The highest BCUT2D eigenvalue weighted by Gasteiger charge is 2.55. The minimum Gasteiger partial charge on any atom is -0.463 e. The van der Waals surface area contributed by atoms with Gasteiger partial charge in [0.2, 0.25) is 3.79 Å². The van der Waals surface area contributed by atoms with Crippen LogP contribution in [0.1, 0.15) is 27.7 Å². The summed E-state index contributed by atoms with van der Waals surface area (Å²) in [6.07, 6.45) is -15.6. The molecule has 0 radical (unpaired) electrons. The highest BCUT2D eigenvalue weighted by Crippen LogP contribution is 2.32. The van der Waals surface area contributed by atoms with Gasteiger partial charge < -0.3 is 59.4 Å². The zero-order valence-electron chi connectivity index (χ0n) is 24.6. The van der Waals surface area contributed by atoms with Gasteiger partial charge in [0, 0.05) is 27.7 Å². The summed E-state index contributed by atoms with van der Waals surface area (Å²) in [5.41, 5.74) is 10.6. The first kappa shape index (κ1) is 38.8. The van der Waals surface area contributed by atoms with Gasteiger partial charge in [0.25, 0.3) is 5.91 Å². The largest absolute Gasteiger partial charge is 0.463 e. The number of halogens is 3. The first-order chi connectivity index (χ1) is 21.3. The number of carbonyl (C=O) groups excluding carboxylic acids is 7. The van der Waals surface area contributed by atoms with Crippen LogP contribution < -0.4 is 16.8 Å². The lowest BCUT2D eigenvalue weighted by Crippen LogP contribution is -2.68. The molecule has 2 rings (SSSR count). The number of nitrogens with one attached hydrogen (secondary N) is 1. The van der Waals surface area contributed by atoms with E-state index in [4.69, 9.17) is 88.9 Å². The van der Waals surface area contributed by atoms with Crippen molar-refractivity contribution in [1.82, 2.24) is 5.32 Å². The third-order valence-electron chi connectivity index (χ3n) is 5.93. The quantitative estimate of drug-likeness (QED) is 0.135. The number of alkyl halides is 3. The van der Waals surface area contributed by atoms with Crippen LogP contribution in [0.5, 0.6) is 0 Å². The van der Waals surface area contributed by atoms with Gasteiger partial charge in [0.05, 0.1) is 6.61 Å². The Morgan fingerprint density at radius 1 is 0.783 bits per heavy atom. The Hall–Kier alpha value is -3.36. The van der Waals surface area contributed by atoms with E-state index in [0.717, 1.165) is 27.7 Å². The maximum Gasteiger partial charge on any atom is 0.407 e. The zero-order valence-corrected chi connectivity index (χ0v) is 26.9. The van der Waals surface area contributed by atoms with Crippen molar-refractivity contribution >= 4 is 76.8 Å². The molecule has 0 saturated carbocycles. The van der Waals surface area contributed by atoms with Crippen LogP contribution in [0.3, 0.4) is 0 Å². The molecule has 46 heavy (non-hydrogen) atoms. The summed E-state index contributed by atoms with van der Waals surface area (Å²) in [4.78, 5) is 84.5. The monoisotopic (exact) mass is 723 g/mol. The Balaban J connectivity index is 2.61. The highest BCUT2D eigenvalue weighted by atomic mass is 35.6. The third-order valence-corrected chi connectivity index (χ3v) is 6.25. The molecule has 5 N–H and O–H groups in total. The molecule has 0 aromatic carbocycles. The second kappa shape index (κ2) is 17.0. The summed E-state index contributed by atoms with van der Waals surface area (Å²) in [6.45, 7) is 2.12. The van der Waals surface area contributed by atoms with Crippen LogP contribution in [0.4, 0.5) is 9.59 Å². The number of rotatable bonds is 11. The molecular weight excluding hydrogens is 693 g/mol. The van der Waals surface area contributed by atoms with Crippen LogP contribution in [0.15, 0.2) is 0 Å². The molecule has 0 aromatic heterocycles.